The maximum atomic E-state index is 14.2. The second-order valence-electron chi connectivity index (χ2n) is 8.79. The van der Waals surface area contributed by atoms with Gasteiger partial charge in [-0.1, -0.05) is 24.8 Å². The average molecular weight is 467 g/mol. The summed E-state index contributed by atoms with van der Waals surface area (Å²) in [4.78, 5) is 41.0. The van der Waals surface area contributed by atoms with Crippen LogP contribution < -0.4 is 10.2 Å². The lowest BCUT2D eigenvalue weighted by Crippen LogP contribution is -2.61. The number of halogens is 1. The van der Waals surface area contributed by atoms with E-state index in [1.165, 1.54) is 24.4 Å². The fourth-order valence-electron chi connectivity index (χ4n) is 4.29. The van der Waals surface area contributed by atoms with E-state index in [4.69, 9.17) is 0 Å². The Morgan fingerprint density at radius 2 is 2.12 bits per heavy atom. The number of hydrogen-bond donors (Lipinski definition) is 3. The summed E-state index contributed by atoms with van der Waals surface area (Å²) in [6.45, 7) is 8.63. The Kier molecular flexibility index (Phi) is 6.34. The highest BCUT2D eigenvalue weighted by Crippen LogP contribution is 2.26. The molecule has 3 N–H and O–H groups in total. The van der Waals surface area contributed by atoms with Gasteiger partial charge in [-0.15, -0.1) is 0 Å². The highest BCUT2D eigenvalue weighted by Gasteiger charge is 2.36. The van der Waals surface area contributed by atoms with Crippen LogP contribution in [0.25, 0.3) is 11.2 Å². The number of nitrogens with one attached hydrogen (secondary N) is 2. The number of aliphatic hydroxyl groups is 1. The van der Waals surface area contributed by atoms with Gasteiger partial charge in [0.1, 0.15) is 17.2 Å². The molecule has 0 spiro atoms. The molecule has 1 aliphatic rings. The fourth-order valence-corrected chi connectivity index (χ4v) is 4.29. The van der Waals surface area contributed by atoms with E-state index in [9.17, 15) is 19.1 Å². The van der Waals surface area contributed by atoms with Crippen LogP contribution in [0.2, 0.25) is 0 Å². The topological polar surface area (TPSA) is 114 Å². The molecule has 2 amide bonds. The van der Waals surface area contributed by atoms with E-state index >= 15 is 0 Å². The molecule has 1 atom stereocenters. The third-order valence-electron chi connectivity index (χ3n) is 6.05. The van der Waals surface area contributed by atoms with Crippen LogP contribution in [0.15, 0.2) is 49.3 Å². The summed E-state index contributed by atoms with van der Waals surface area (Å²) in [6, 6.07) is 5.06. The van der Waals surface area contributed by atoms with Crippen molar-refractivity contribution >= 4 is 28.8 Å². The van der Waals surface area contributed by atoms with Gasteiger partial charge in [-0.2, -0.15) is 0 Å². The molecule has 3 heterocycles. The van der Waals surface area contributed by atoms with Gasteiger partial charge in [-0.25, -0.2) is 14.4 Å². The van der Waals surface area contributed by atoms with Crippen molar-refractivity contribution in [1.29, 1.82) is 0 Å². The highest BCUT2D eigenvalue weighted by molar-refractivity contribution is 6.04. The molecule has 3 aromatic rings. The predicted molar refractivity (Wildman–Crippen MR) is 126 cm³/mol. The second kappa shape index (κ2) is 9.22. The standard InChI is InChI=1S/C24H27FN6O3/c1-4-20(33)31-10-9-30(14-24(31,2)3)19-12-27-22-21(29-19)16(11-26-22)23(34)28-18(13-32)15-7-5-6-8-17(15)25/h4-8,11-12,18,32H,1,9-10,13-14H2,2-3H3,(H,26,27)(H,28,34). The monoisotopic (exact) mass is 466 g/mol. The average Bonchev–Trinajstić information content (AvgIpc) is 3.25. The first-order valence-corrected chi connectivity index (χ1v) is 10.9. The summed E-state index contributed by atoms with van der Waals surface area (Å²) in [5, 5.41) is 12.4. The molecule has 0 aliphatic carbocycles. The predicted octanol–water partition coefficient (Wildman–Crippen LogP) is 2.17. The minimum atomic E-state index is -0.911. The Balaban J connectivity index is 1.58. The number of piperazine rings is 1. The molecule has 1 unspecified atom stereocenters. The lowest BCUT2D eigenvalue weighted by Gasteiger charge is -2.47. The molecule has 178 valence electrons. The van der Waals surface area contributed by atoms with Gasteiger partial charge in [0.05, 0.1) is 29.9 Å². The molecule has 1 aromatic carbocycles. The number of aromatic amines is 1. The molecular weight excluding hydrogens is 439 g/mol. The van der Waals surface area contributed by atoms with Crippen LogP contribution >= 0.6 is 0 Å². The summed E-state index contributed by atoms with van der Waals surface area (Å²) >= 11 is 0. The first-order valence-electron chi connectivity index (χ1n) is 10.9. The van der Waals surface area contributed by atoms with Crippen molar-refractivity contribution < 1.29 is 19.1 Å². The summed E-state index contributed by atoms with van der Waals surface area (Å²) < 4.78 is 14.2. The van der Waals surface area contributed by atoms with Gasteiger partial charge < -0.3 is 25.2 Å². The first kappa shape index (κ1) is 23.4. The molecule has 2 aromatic heterocycles. The van der Waals surface area contributed by atoms with E-state index in [2.05, 4.69) is 26.8 Å². The molecular formula is C24H27FN6O3. The lowest BCUT2D eigenvalue weighted by atomic mass is 9.98. The van der Waals surface area contributed by atoms with Crippen LogP contribution in [-0.4, -0.2) is 68.6 Å². The number of carbonyl (C=O) groups excluding carboxylic acids is 2. The SMILES string of the molecule is C=CC(=O)N1CCN(c2cnc3[nH]cc(C(=O)NC(CO)c4ccccc4F)c3n2)CC1(C)C. The number of aliphatic hydroxyl groups excluding tert-OH is 1. The van der Waals surface area contributed by atoms with Crippen LogP contribution in [-0.2, 0) is 4.79 Å². The number of H-pyrrole nitrogens is 1. The van der Waals surface area contributed by atoms with Gasteiger partial charge in [0.25, 0.3) is 5.91 Å². The summed E-state index contributed by atoms with van der Waals surface area (Å²) in [6.07, 6.45) is 4.43. The zero-order valence-corrected chi connectivity index (χ0v) is 19.1. The molecule has 4 rings (SSSR count). The van der Waals surface area contributed by atoms with Crippen molar-refractivity contribution in [3.05, 3.63) is 66.3 Å². The quantitative estimate of drug-likeness (QED) is 0.480. The first-order chi connectivity index (χ1) is 16.2. The number of aromatic nitrogens is 3. The maximum absolute atomic E-state index is 14.2. The maximum Gasteiger partial charge on any atom is 0.255 e. The summed E-state index contributed by atoms with van der Waals surface area (Å²) in [7, 11) is 0. The van der Waals surface area contributed by atoms with Crippen molar-refractivity contribution in [3.63, 3.8) is 0 Å². The van der Waals surface area contributed by atoms with E-state index in [1.54, 1.807) is 23.2 Å². The number of nitrogens with zero attached hydrogens (tertiary/aromatic N) is 4. The summed E-state index contributed by atoms with van der Waals surface area (Å²) in [5.41, 5.74) is 0.771. The zero-order chi connectivity index (χ0) is 24.5. The number of hydrogen-bond acceptors (Lipinski definition) is 6. The van der Waals surface area contributed by atoms with Crippen molar-refractivity contribution in [2.75, 3.05) is 31.1 Å². The molecule has 0 radical (unpaired) electrons. The Labute approximate surface area is 196 Å². The van der Waals surface area contributed by atoms with E-state index in [0.29, 0.717) is 36.6 Å². The third-order valence-corrected chi connectivity index (χ3v) is 6.05. The van der Waals surface area contributed by atoms with E-state index < -0.39 is 29.9 Å². The van der Waals surface area contributed by atoms with Crippen LogP contribution in [0.3, 0.4) is 0 Å². The van der Waals surface area contributed by atoms with Crippen LogP contribution in [0, 0.1) is 5.82 Å². The van der Waals surface area contributed by atoms with Gasteiger partial charge in [0.2, 0.25) is 5.91 Å². The molecule has 34 heavy (non-hydrogen) atoms. The minimum absolute atomic E-state index is 0.121. The van der Waals surface area contributed by atoms with Crippen molar-refractivity contribution in [3.8, 4) is 0 Å². The molecule has 9 nitrogen and oxygen atoms in total. The molecule has 1 saturated heterocycles. The number of carbonyl (C=O) groups is 2. The largest absolute Gasteiger partial charge is 0.394 e. The van der Waals surface area contributed by atoms with Gasteiger partial charge in [-0.3, -0.25) is 9.59 Å². The van der Waals surface area contributed by atoms with Gasteiger partial charge in [-0.05, 0) is 26.0 Å². The normalized spacial score (nSPS) is 16.4. The second-order valence-corrected chi connectivity index (χ2v) is 8.79. The van der Waals surface area contributed by atoms with Crippen LogP contribution in [0.5, 0.6) is 0 Å². The molecule has 0 bridgehead atoms. The zero-order valence-electron chi connectivity index (χ0n) is 19.1. The Bertz CT molecular complexity index is 1240. The number of anilines is 1. The van der Waals surface area contributed by atoms with E-state index in [0.717, 1.165) is 0 Å². The third kappa shape index (κ3) is 4.36. The molecule has 1 fully saturated rings. The van der Waals surface area contributed by atoms with Crippen molar-refractivity contribution in [2.24, 2.45) is 0 Å². The number of amides is 2. The Morgan fingerprint density at radius 3 is 2.79 bits per heavy atom. The lowest BCUT2D eigenvalue weighted by molar-refractivity contribution is -0.131. The number of fused-ring (bicyclic) bond motifs is 1. The van der Waals surface area contributed by atoms with Crippen molar-refractivity contribution in [2.45, 2.75) is 25.4 Å². The smallest absolute Gasteiger partial charge is 0.255 e. The highest BCUT2D eigenvalue weighted by atomic mass is 19.1. The van der Waals surface area contributed by atoms with Crippen molar-refractivity contribution in [1.82, 2.24) is 25.2 Å². The van der Waals surface area contributed by atoms with Gasteiger partial charge in [0, 0.05) is 31.4 Å². The Hall–Kier alpha value is -3.79. The Morgan fingerprint density at radius 1 is 1.35 bits per heavy atom. The van der Waals surface area contributed by atoms with E-state index in [-0.39, 0.29) is 17.0 Å². The number of benzene rings is 1. The van der Waals surface area contributed by atoms with Crippen LogP contribution in [0.1, 0.15) is 35.8 Å². The van der Waals surface area contributed by atoms with E-state index in [1.807, 2.05) is 18.7 Å². The fraction of sp³-hybridized carbons (Fsp3) is 0.333. The van der Waals surface area contributed by atoms with Gasteiger partial charge >= 0.3 is 0 Å². The number of rotatable bonds is 6. The van der Waals surface area contributed by atoms with Crippen LogP contribution in [0.4, 0.5) is 10.2 Å². The molecule has 1 aliphatic heterocycles. The molecule has 10 heteroatoms. The van der Waals surface area contributed by atoms with Gasteiger partial charge in [0.15, 0.2) is 5.65 Å². The summed E-state index contributed by atoms with van der Waals surface area (Å²) in [5.74, 6) is -0.571. The minimum Gasteiger partial charge on any atom is -0.394 e. The molecule has 0 saturated carbocycles.